The van der Waals surface area contributed by atoms with Crippen LogP contribution in [0.2, 0.25) is 0 Å². The van der Waals surface area contributed by atoms with E-state index in [9.17, 15) is 4.79 Å². The summed E-state index contributed by atoms with van der Waals surface area (Å²) >= 11 is 0. The number of rotatable bonds is 3. The second-order valence-electron chi connectivity index (χ2n) is 8.88. The van der Waals surface area contributed by atoms with Crippen molar-refractivity contribution in [3.05, 3.63) is 65.8 Å². The number of aromatic nitrogens is 3. The Balaban J connectivity index is 1.22. The van der Waals surface area contributed by atoms with Gasteiger partial charge in [-0.3, -0.25) is 4.79 Å². The van der Waals surface area contributed by atoms with Gasteiger partial charge in [-0.2, -0.15) is 0 Å². The summed E-state index contributed by atoms with van der Waals surface area (Å²) in [5.74, 6) is 1.20. The van der Waals surface area contributed by atoms with E-state index < -0.39 is 0 Å². The molecule has 1 aliphatic carbocycles. The van der Waals surface area contributed by atoms with Crippen LogP contribution >= 0.6 is 0 Å². The Kier molecular flexibility index (Phi) is 3.79. The highest BCUT2D eigenvalue weighted by atomic mass is 16.2. The van der Waals surface area contributed by atoms with E-state index in [1.807, 2.05) is 29.9 Å². The molecule has 4 heterocycles. The van der Waals surface area contributed by atoms with Crippen molar-refractivity contribution in [2.24, 2.45) is 5.41 Å². The molecule has 2 aromatic heterocycles. The summed E-state index contributed by atoms with van der Waals surface area (Å²) in [6.45, 7) is 5.15. The lowest BCUT2D eigenvalue weighted by Crippen LogP contribution is -2.37. The van der Waals surface area contributed by atoms with Crippen molar-refractivity contribution in [1.82, 2.24) is 19.3 Å². The van der Waals surface area contributed by atoms with Crippen molar-refractivity contribution >= 4 is 22.9 Å². The number of nitrogens with zero attached hydrogens (tertiary/aromatic N) is 5. The van der Waals surface area contributed by atoms with E-state index >= 15 is 0 Å². The fraction of sp³-hybridized carbons (Fsp3) is 0.375. The van der Waals surface area contributed by atoms with Gasteiger partial charge < -0.3 is 14.2 Å². The quantitative estimate of drug-likeness (QED) is 0.679. The lowest BCUT2D eigenvalue weighted by atomic mass is 9.85. The van der Waals surface area contributed by atoms with Crippen LogP contribution in [0.5, 0.6) is 0 Å². The molecule has 0 bridgehead atoms. The van der Waals surface area contributed by atoms with Gasteiger partial charge >= 0.3 is 0 Å². The number of amides is 1. The summed E-state index contributed by atoms with van der Waals surface area (Å²) in [5.41, 5.74) is 5.55. The number of hydrogen-bond acceptors (Lipinski definition) is 4. The summed E-state index contributed by atoms with van der Waals surface area (Å²) < 4.78 is 2.02. The van der Waals surface area contributed by atoms with E-state index in [-0.39, 0.29) is 5.41 Å². The smallest absolute Gasteiger partial charge is 0.231 e. The van der Waals surface area contributed by atoms with E-state index in [2.05, 4.69) is 50.1 Å². The Morgan fingerprint density at radius 1 is 1.17 bits per heavy atom. The predicted octanol–water partition coefficient (Wildman–Crippen LogP) is 3.11. The maximum Gasteiger partial charge on any atom is 0.231 e. The van der Waals surface area contributed by atoms with Gasteiger partial charge in [0.1, 0.15) is 0 Å². The number of fused-ring (bicyclic) bond motifs is 2. The SMILES string of the molecule is Cc1cn2ccnc(N3CCC4(CCN(CC5=CCc6ccccc65)C4=O)C3)c2n1. The van der Waals surface area contributed by atoms with E-state index in [0.29, 0.717) is 5.91 Å². The average molecular weight is 399 g/mol. The number of hydrogen-bond donors (Lipinski definition) is 0. The summed E-state index contributed by atoms with van der Waals surface area (Å²) in [6.07, 6.45) is 10.8. The third-order valence-electron chi connectivity index (χ3n) is 7.02. The standard InChI is InChI=1S/C24H25N5O/c1-17-14-27-13-10-25-21(22(27)26-17)29-12-9-24(16-29)8-11-28(23(24)30)15-19-7-6-18-4-2-3-5-20(18)19/h2-5,7,10,13-14H,6,8-9,11-12,15-16H2,1H3. The van der Waals surface area contributed by atoms with E-state index in [1.165, 1.54) is 16.7 Å². The number of anilines is 1. The molecule has 2 aliphatic heterocycles. The van der Waals surface area contributed by atoms with Gasteiger partial charge in [-0.1, -0.05) is 30.3 Å². The zero-order chi connectivity index (χ0) is 20.3. The molecule has 0 N–H and O–H groups in total. The van der Waals surface area contributed by atoms with Gasteiger partial charge in [0.05, 0.1) is 11.1 Å². The van der Waals surface area contributed by atoms with E-state index in [1.54, 1.807) is 0 Å². The van der Waals surface area contributed by atoms with Gasteiger partial charge in [-0.05, 0) is 42.9 Å². The number of aryl methyl sites for hydroxylation is 1. The third-order valence-corrected chi connectivity index (χ3v) is 7.02. The molecule has 2 fully saturated rings. The summed E-state index contributed by atoms with van der Waals surface area (Å²) in [4.78, 5) is 27.1. The molecule has 1 unspecified atom stereocenters. The summed E-state index contributed by atoms with van der Waals surface area (Å²) in [5, 5.41) is 0. The van der Waals surface area contributed by atoms with Crippen LogP contribution in [0.25, 0.3) is 11.2 Å². The van der Waals surface area contributed by atoms with Crippen LogP contribution in [0.4, 0.5) is 5.82 Å². The molecule has 1 amide bonds. The molecule has 1 atom stereocenters. The summed E-state index contributed by atoms with van der Waals surface area (Å²) in [7, 11) is 0. The van der Waals surface area contributed by atoms with Crippen LogP contribution in [0.15, 0.2) is 48.9 Å². The Hall–Kier alpha value is -3.15. The number of imidazole rings is 1. The topological polar surface area (TPSA) is 53.7 Å². The molecule has 2 saturated heterocycles. The Labute approximate surface area is 175 Å². The van der Waals surface area contributed by atoms with Gasteiger partial charge in [-0.15, -0.1) is 0 Å². The van der Waals surface area contributed by atoms with Gasteiger partial charge in [0.2, 0.25) is 5.91 Å². The minimum absolute atomic E-state index is 0.283. The normalized spacial score (nSPS) is 23.1. The molecular weight excluding hydrogens is 374 g/mol. The second kappa shape index (κ2) is 6.42. The average Bonchev–Trinajstić information content (AvgIpc) is 3.51. The number of benzene rings is 1. The first-order valence-corrected chi connectivity index (χ1v) is 10.7. The van der Waals surface area contributed by atoms with Crippen molar-refractivity contribution in [3.8, 4) is 0 Å². The molecule has 6 nitrogen and oxygen atoms in total. The second-order valence-corrected chi connectivity index (χ2v) is 8.88. The van der Waals surface area contributed by atoms with Gasteiger partial charge in [0.25, 0.3) is 0 Å². The first-order chi connectivity index (χ1) is 14.6. The fourth-order valence-corrected chi connectivity index (χ4v) is 5.44. The van der Waals surface area contributed by atoms with Crippen LogP contribution in [-0.4, -0.2) is 51.4 Å². The Morgan fingerprint density at radius 3 is 2.97 bits per heavy atom. The molecular formula is C24H25N5O. The number of likely N-dealkylation sites (tertiary alicyclic amines) is 1. The Morgan fingerprint density at radius 2 is 2.03 bits per heavy atom. The zero-order valence-corrected chi connectivity index (χ0v) is 17.2. The van der Waals surface area contributed by atoms with Crippen molar-refractivity contribution in [1.29, 1.82) is 0 Å². The number of carbonyl (C=O) groups is 1. The molecule has 6 rings (SSSR count). The molecule has 3 aromatic rings. The molecule has 0 radical (unpaired) electrons. The molecule has 3 aliphatic rings. The van der Waals surface area contributed by atoms with Gasteiger partial charge in [0.15, 0.2) is 11.5 Å². The van der Waals surface area contributed by atoms with Crippen molar-refractivity contribution < 1.29 is 4.79 Å². The van der Waals surface area contributed by atoms with Crippen LogP contribution in [0.3, 0.4) is 0 Å². The Bertz CT molecular complexity index is 1200. The van der Waals surface area contributed by atoms with E-state index in [4.69, 9.17) is 0 Å². The highest BCUT2D eigenvalue weighted by Gasteiger charge is 2.51. The number of carbonyl (C=O) groups excluding carboxylic acids is 1. The van der Waals surface area contributed by atoms with Crippen LogP contribution in [-0.2, 0) is 11.2 Å². The summed E-state index contributed by atoms with van der Waals surface area (Å²) in [6, 6.07) is 8.55. The monoisotopic (exact) mass is 399 g/mol. The largest absolute Gasteiger partial charge is 0.352 e. The van der Waals surface area contributed by atoms with Crippen LogP contribution in [0.1, 0.15) is 29.7 Å². The van der Waals surface area contributed by atoms with Crippen molar-refractivity contribution in [2.45, 2.75) is 26.2 Å². The third kappa shape index (κ3) is 2.59. The highest BCUT2D eigenvalue weighted by Crippen LogP contribution is 2.43. The first-order valence-electron chi connectivity index (χ1n) is 10.7. The fourth-order valence-electron chi connectivity index (χ4n) is 5.44. The molecule has 1 spiro atoms. The van der Waals surface area contributed by atoms with Gasteiger partial charge in [-0.25, -0.2) is 9.97 Å². The van der Waals surface area contributed by atoms with Gasteiger partial charge in [0, 0.05) is 44.8 Å². The zero-order valence-electron chi connectivity index (χ0n) is 17.2. The first kappa shape index (κ1) is 17.7. The molecule has 152 valence electrons. The maximum atomic E-state index is 13.5. The molecule has 0 saturated carbocycles. The minimum Gasteiger partial charge on any atom is -0.352 e. The predicted molar refractivity (Wildman–Crippen MR) is 116 cm³/mol. The van der Waals surface area contributed by atoms with Crippen LogP contribution in [0, 0.1) is 12.3 Å². The molecule has 1 aromatic carbocycles. The lowest BCUT2D eigenvalue weighted by Gasteiger charge is -2.24. The highest BCUT2D eigenvalue weighted by molar-refractivity contribution is 5.89. The lowest BCUT2D eigenvalue weighted by molar-refractivity contribution is -0.134. The molecule has 30 heavy (non-hydrogen) atoms. The van der Waals surface area contributed by atoms with Crippen molar-refractivity contribution in [2.75, 3.05) is 31.1 Å². The maximum absolute atomic E-state index is 13.5. The van der Waals surface area contributed by atoms with E-state index in [0.717, 1.165) is 62.6 Å². The number of allylic oxidation sites excluding steroid dienone is 1. The van der Waals surface area contributed by atoms with Crippen LogP contribution < -0.4 is 4.90 Å². The van der Waals surface area contributed by atoms with Crippen molar-refractivity contribution in [3.63, 3.8) is 0 Å². The molecule has 6 heteroatoms. The minimum atomic E-state index is -0.283.